The van der Waals surface area contributed by atoms with Crippen LogP contribution in [0.15, 0.2) is 24.3 Å². The molecule has 2 N–H and O–H groups in total. The van der Waals surface area contributed by atoms with Gasteiger partial charge in [-0.2, -0.15) is 0 Å². The first-order valence-electron chi connectivity index (χ1n) is 7.33. The minimum Gasteiger partial charge on any atom is -0.369 e. The second-order valence-corrected chi connectivity index (χ2v) is 5.62. The van der Waals surface area contributed by atoms with Crippen molar-refractivity contribution < 1.29 is 14.0 Å². The van der Waals surface area contributed by atoms with E-state index in [0.29, 0.717) is 5.56 Å². The van der Waals surface area contributed by atoms with Gasteiger partial charge in [0.2, 0.25) is 5.91 Å². The van der Waals surface area contributed by atoms with Crippen molar-refractivity contribution in [3.8, 4) is 0 Å². The van der Waals surface area contributed by atoms with Gasteiger partial charge in [-0.25, -0.2) is 4.39 Å². The highest BCUT2D eigenvalue weighted by Gasteiger charge is 2.31. The molecule has 0 aromatic heterocycles. The highest BCUT2D eigenvalue weighted by Crippen LogP contribution is 2.26. The van der Waals surface area contributed by atoms with Crippen LogP contribution in [0.3, 0.4) is 0 Å². The Morgan fingerprint density at radius 1 is 1.29 bits per heavy atom. The zero-order valence-corrected chi connectivity index (χ0v) is 12.2. The third-order valence-electron chi connectivity index (χ3n) is 4.14. The average molecular weight is 292 g/mol. The summed E-state index contributed by atoms with van der Waals surface area (Å²) in [4.78, 5) is 25.7. The number of amides is 1. The Hall–Kier alpha value is -1.75. The smallest absolute Gasteiger partial charge is 0.231 e. The maximum Gasteiger partial charge on any atom is 0.231 e. The number of nitrogens with zero attached hydrogens (tertiary/aromatic N) is 1. The van der Waals surface area contributed by atoms with Crippen LogP contribution in [0.1, 0.15) is 43.0 Å². The number of primary amides is 1. The van der Waals surface area contributed by atoms with E-state index in [-0.39, 0.29) is 24.2 Å². The molecule has 4 nitrogen and oxygen atoms in total. The Kier molecular flexibility index (Phi) is 5.07. The van der Waals surface area contributed by atoms with Crippen molar-refractivity contribution in [2.24, 2.45) is 5.73 Å². The van der Waals surface area contributed by atoms with Crippen LogP contribution in [0.25, 0.3) is 0 Å². The van der Waals surface area contributed by atoms with Gasteiger partial charge in [0, 0.05) is 11.6 Å². The van der Waals surface area contributed by atoms with E-state index >= 15 is 0 Å². The summed E-state index contributed by atoms with van der Waals surface area (Å²) in [5, 5.41) is 0. The number of nitrogens with two attached hydrogens (primary N) is 1. The Morgan fingerprint density at radius 3 is 2.38 bits per heavy atom. The van der Waals surface area contributed by atoms with Crippen molar-refractivity contribution in [3.63, 3.8) is 0 Å². The molecule has 1 unspecified atom stereocenters. The lowest BCUT2D eigenvalue weighted by atomic mass is 10.0. The Labute approximate surface area is 124 Å². The number of rotatable bonds is 6. The third-order valence-corrected chi connectivity index (χ3v) is 4.14. The first-order valence-corrected chi connectivity index (χ1v) is 7.33. The van der Waals surface area contributed by atoms with Gasteiger partial charge in [-0.1, -0.05) is 12.8 Å². The van der Waals surface area contributed by atoms with Gasteiger partial charge in [-0.3, -0.25) is 14.5 Å². The first-order chi connectivity index (χ1) is 9.99. The molecule has 21 heavy (non-hydrogen) atoms. The molecule has 1 aliphatic carbocycles. The van der Waals surface area contributed by atoms with Gasteiger partial charge < -0.3 is 5.73 Å². The fourth-order valence-corrected chi connectivity index (χ4v) is 3.00. The topological polar surface area (TPSA) is 63.4 Å². The summed E-state index contributed by atoms with van der Waals surface area (Å²) >= 11 is 0. The zero-order valence-electron chi connectivity index (χ0n) is 12.2. The van der Waals surface area contributed by atoms with Crippen LogP contribution in [-0.2, 0) is 4.79 Å². The molecule has 1 amide bonds. The first kappa shape index (κ1) is 15.6. The molecule has 0 radical (unpaired) electrons. The van der Waals surface area contributed by atoms with Crippen LogP contribution in [0, 0.1) is 5.82 Å². The molecule has 0 heterocycles. The number of benzene rings is 1. The van der Waals surface area contributed by atoms with Crippen LogP contribution in [0.4, 0.5) is 4.39 Å². The molecule has 0 aliphatic heterocycles. The van der Waals surface area contributed by atoms with Crippen molar-refractivity contribution in [3.05, 3.63) is 35.6 Å². The van der Waals surface area contributed by atoms with Crippen LogP contribution in [-0.4, -0.2) is 35.2 Å². The third kappa shape index (κ3) is 3.88. The molecule has 0 bridgehead atoms. The SMILES string of the molecule is CC(C(=O)c1ccc(F)cc1)N(CC(N)=O)C1CCCC1. The summed E-state index contributed by atoms with van der Waals surface area (Å²) in [6.07, 6.45) is 4.18. The van der Waals surface area contributed by atoms with Crippen molar-refractivity contribution in [1.82, 2.24) is 4.90 Å². The van der Waals surface area contributed by atoms with E-state index in [9.17, 15) is 14.0 Å². The molecule has 1 aliphatic rings. The quantitative estimate of drug-likeness (QED) is 0.817. The summed E-state index contributed by atoms with van der Waals surface area (Å²) < 4.78 is 12.9. The van der Waals surface area contributed by atoms with Gasteiger partial charge in [-0.05, 0) is 44.0 Å². The predicted molar refractivity (Wildman–Crippen MR) is 78.3 cm³/mol. The number of hydrogen-bond donors (Lipinski definition) is 1. The van der Waals surface area contributed by atoms with Crippen molar-refractivity contribution >= 4 is 11.7 Å². The molecular weight excluding hydrogens is 271 g/mol. The van der Waals surface area contributed by atoms with E-state index in [1.54, 1.807) is 6.92 Å². The molecule has 0 saturated heterocycles. The Morgan fingerprint density at radius 2 is 1.86 bits per heavy atom. The maximum absolute atomic E-state index is 12.9. The molecular formula is C16H21FN2O2. The van der Waals surface area contributed by atoms with E-state index in [1.165, 1.54) is 24.3 Å². The van der Waals surface area contributed by atoms with Crippen LogP contribution >= 0.6 is 0 Å². The Balaban J connectivity index is 2.15. The van der Waals surface area contributed by atoms with Gasteiger partial charge >= 0.3 is 0 Å². The molecule has 1 aromatic carbocycles. The fraction of sp³-hybridized carbons (Fsp3) is 0.500. The van der Waals surface area contributed by atoms with Crippen LogP contribution < -0.4 is 5.73 Å². The fourth-order valence-electron chi connectivity index (χ4n) is 3.00. The number of ketones is 1. The van der Waals surface area contributed by atoms with Gasteiger partial charge in [0.15, 0.2) is 5.78 Å². The normalized spacial score (nSPS) is 17.1. The van der Waals surface area contributed by atoms with Crippen molar-refractivity contribution in [2.75, 3.05) is 6.54 Å². The molecule has 0 spiro atoms. The lowest BCUT2D eigenvalue weighted by Crippen LogP contribution is -2.48. The number of Topliss-reactive ketones (excluding diaryl/α,β-unsaturated/α-hetero) is 1. The molecule has 1 saturated carbocycles. The van der Waals surface area contributed by atoms with Gasteiger partial charge in [0.05, 0.1) is 12.6 Å². The number of halogens is 1. The average Bonchev–Trinajstić information content (AvgIpc) is 2.98. The molecule has 1 atom stereocenters. The second-order valence-electron chi connectivity index (χ2n) is 5.62. The summed E-state index contributed by atoms with van der Waals surface area (Å²) in [7, 11) is 0. The van der Waals surface area contributed by atoms with E-state index < -0.39 is 11.9 Å². The van der Waals surface area contributed by atoms with Gasteiger partial charge in [0.1, 0.15) is 5.82 Å². The summed E-state index contributed by atoms with van der Waals surface area (Å²) in [5.41, 5.74) is 5.77. The molecule has 1 aromatic rings. The monoisotopic (exact) mass is 292 g/mol. The van der Waals surface area contributed by atoms with Crippen LogP contribution in [0.5, 0.6) is 0 Å². The van der Waals surface area contributed by atoms with Crippen molar-refractivity contribution in [2.45, 2.75) is 44.7 Å². The molecule has 114 valence electrons. The minimum absolute atomic E-state index is 0.0821. The highest BCUT2D eigenvalue weighted by atomic mass is 19.1. The predicted octanol–water partition coefficient (Wildman–Crippen LogP) is 2.13. The standard InChI is InChI=1S/C16H21FN2O2/c1-11(16(21)12-6-8-13(17)9-7-12)19(10-15(18)20)14-4-2-3-5-14/h6-9,11,14H,2-5,10H2,1H3,(H2,18,20). The molecule has 2 rings (SSSR count). The number of carbonyl (C=O) groups excluding carboxylic acids is 2. The van der Waals surface area contributed by atoms with E-state index in [0.717, 1.165) is 25.7 Å². The molecule has 1 fully saturated rings. The zero-order chi connectivity index (χ0) is 15.4. The Bertz CT molecular complexity index is 510. The van der Waals surface area contributed by atoms with Crippen molar-refractivity contribution in [1.29, 1.82) is 0 Å². The largest absolute Gasteiger partial charge is 0.369 e. The molecule has 5 heteroatoms. The van der Waals surface area contributed by atoms with Crippen LogP contribution in [0.2, 0.25) is 0 Å². The summed E-state index contributed by atoms with van der Waals surface area (Å²) in [6.45, 7) is 1.87. The lowest BCUT2D eigenvalue weighted by molar-refractivity contribution is -0.120. The van der Waals surface area contributed by atoms with Gasteiger partial charge in [-0.15, -0.1) is 0 Å². The lowest BCUT2D eigenvalue weighted by Gasteiger charge is -2.32. The van der Waals surface area contributed by atoms with E-state index in [4.69, 9.17) is 5.73 Å². The van der Waals surface area contributed by atoms with E-state index in [2.05, 4.69) is 0 Å². The summed E-state index contributed by atoms with van der Waals surface area (Å²) in [5.74, 6) is -0.909. The second kappa shape index (κ2) is 6.80. The maximum atomic E-state index is 12.9. The van der Waals surface area contributed by atoms with E-state index in [1.807, 2.05) is 4.90 Å². The summed E-state index contributed by atoms with van der Waals surface area (Å²) in [6, 6.07) is 5.28. The number of hydrogen-bond acceptors (Lipinski definition) is 3. The number of carbonyl (C=O) groups is 2. The minimum atomic E-state index is -0.439. The highest BCUT2D eigenvalue weighted by molar-refractivity contribution is 6.00. The van der Waals surface area contributed by atoms with Gasteiger partial charge in [0.25, 0.3) is 0 Å².